The largest absolute Gasteiger partial charge is 0.430 e. The number of carbonyl (C=O) groups excluding carboxylic acids is 2. The molecule has 16 nitrogen and oxygen atoms in total. The minimum atomic E-state index is -2.46. The molecule has 0 aromatic carbocycles. The van der Waals surface area contributed by atoms with Crippen molar-refractivity contribution in [1.82, 2.24) is 0 Å². The lowest BCUT2D eigenvalue weighted by molar-refractivity contribution is -0.212. The highest BCUT2D eigenvalue weighted by Gasteiger charge is 2.37. The number of aliphatic hydroxyl groups is 12. The van der Waals surface area contributed by atoms with Crippen LogP contribution >= 0.6 is 0 Å². The van der Waals surface area contributed by atoms with Gasteiger partial charge in [-0.2, -0.15) is 0 Å². The molecule has 0 saturated carbocycles. The van der Waals surface area contributed by atoms with Crippen molar-refractivity contribution in [3.05, 3.63) is 12.2 Å². The quantitative estimate of drug-likeness (QED) is 0.0629. The monoisotopic (exact) mass is 476 g/mol. The summed E-state index contributed by atoms with van der Waals surface area (Å²) in [6, 6.07) is 0. The topological polar surface area (TPSA) is 295 Å². The Kier molecular flexibility index (Phi) is 13.6. The number of hydrogen-bond acceptors (Lipinski definition) is 16. The normalized spacial score (nSPS) is 21.5. The van der Waals surface area contributed by atoms with Crippen LogP contribution in [0.3, 0.4) is 0 Å². The van der Waals surface area contributed by atoms with E-state index in [1.807, 2.05) is 0 Å². The van der Waals surface area contributed by atoms with Gasteiger partial charge in [0.15, 0.2) is 0 Å². The van der Waals surface area contributed by atoms with Crippen LogP contribution in [-0.2, 0) is 19.1 Å². The summed E-state index contributed by atoms with van der Waals surface area (Å²) in [5.74, 6) is -3.01. The van der Waals surface area contributed by atoms with Crippen molar-refractivity contribution in [2.45, 2.75) is 61.4 Å². The molecule has 0 saturated heterocycles. The molecule has 2 unspecified atom stereocenters. The fourth-order valence-corrected chi connectivity index (χ4v) is 2.00. The summed E-state index contributed by atoms with van der Waals surface area (Å²) in [7, 11) is 0. The molecule has 0 aromatic rings. The van der Waals surface area contributed by atoms with Crippen LogP contribution in [-0.4, -0.2) is 148 Å². The Hall–Kier alpha value is -1.80. The maximum Gasteiger partial charge on any atom is 0.333 e. The van der Waals surface area contributed by atoms with Gasteiger partial charge in [0.25, 0.3) is 0 Å². The number of aliphatic hydroxyl groups excluding tert-OH is 12. The van der Waals surface area contributed by atoms with Gasteiger partial charge in [-0.15, -0.1) is 0 Å². The predicted molar refractivity (Wildman–Crippen MR) is 95.6 cm³/mol. The molecule has 0 aliphatic carbocycles. The molecule has 0 aliphatic heterocycles. The smallest absolute Gasteiger partial charge is 0.333 e. The highest BCUT2D eigenvalue weighted by atomic mass is 16.7. The van der Waals surface area contributed by atoms with E-state index in [0.29, 0.717) is 12.2 Å². The van der Waals surface area contributed by atoms with Gasteiger partial charge in [-0.25, -0.2) is 9.59 Å². The van der Waals surface area contributed by atoms with Gasteiger partial charge < -0.3 is 70.8 Å². The van der Waals surface area contributed by atoms with Crippen molar-refractivity contribution in [3.8, 4) is 0 Å². The molecule has 16 heteroatoms. The van der Waals surface area contributed by atoms with E-state index >= 15 is 0 Å². The van der Waals surface area contributed by atoms with Crippen LogP contribution in [0.4, 0.5) is 0 Å². The zero-order valence-corrected chi connectivity index (χ0v) is 16.3. The van der Waals surface area contributed by atoms with E-state index in [-0.39, 0.29) is 0 Å². The fraction of sp³-hybridized carbons (Fsp3) is 0.750. The van der Waals surface area contributed by atoms with Gasteiger partial charge >= 0.3 is 11.9 Å². The summed E-state index contributed by atoms with van der Waals surface area (Å²) >= 11 is 0. The zero-order valence-electron chi connectivity index (χ0n) is 16.3. The Morgan fingerprint density at radius 1 is 0.531 bits per heavy atom. The molecule has 0 amide bonds. The number of esters is 2. The van der Waals surface area contributed by atoms with Crippen LogP contribution in [0.5, 0.6) is 0 Å². The molecule has 188 valence electrons. The third kappa shape index (κ3) is 9.36. The molecule has 12 N–H and O–H groups in total. The summed E-state index contributed by atoms with van der Waals surface area (Å²) in [4.78, 5) is 23.0. The van der Waals surface area contributed by atoms with Crippen molar-refractivity contribution in [1.29, 1.82) is 0 Å². The number of hydrogen-bond donors (Lipinski definition) is 12. The standard InChI is InChI=1S/C16H28O16/c17-3-5(19)9(23)11(25)13(27)15(29)31-7(21)1-2-8(22)32-16(30)14(28)12(26)10(24)6(20)4-18/h1-2,5-6,9-20,23-30H,3-4H2/b2-1-/t5-,6-,9-,10-,11+,12+,13-,14-,15?,16?/m1/s1. The Balaban J connectivity index is 4.73. The number of rotatable bonds is 14. The van der Waals surface area contributed by atoms with E-state index in [0.717, 1.165) is 0 Å². The summed E-state index contributed by atoms with van der Waals surface area (Å²) in [5, 5.41) is 112. The van der Waals surface area contributed by atoms with Crippen molar-refractivity contribution in [2.24, 2.45) is 0 Å². The molecule has 0 spiro atoms. The summed E-state index contributed by atoms with van der Waals surface area (Å²) in [6.07, 6.45) is -21.5. The molecule has 0 fully saturated rings. The lowest BCUT2D eigenvalue weighted by atomic mass is 10.0. The zero-order chi connectivity index (χ0) is 25.2. The number of carbonyl (C=O) groups is 2. The van der Waals surface area contributed by atoms with E-state index in [2.05, 4.69) is 9.47 Å². The molecule has 0 heterocycles. The van der Waals surface area contributed by atoms with Gasteiger partial charge in [0.2, 0.25) is 12.6 Å². The summed E-state index contributed by atoms with van der Waals surface area (Å²) in [5.41, 5.74) is 0. The lowest BCUT2D eigenvalue weighted by Gasteiger charge is -2.28. The van der Waals surface area contributed by atoms with Crippen molar-refractivity contribution in [3.63, 3.8) is 0 Å². The van der Waals surface area contributed by atoms with Gasteiger partial charge in [-0.1, -0.05) is 0 Å². The van der Waals surface area contributed by atoms with Crippen LogP contribution in [0.2, 0.25) is 0 Å². The van der Waals surface area contributed by atoms with Crippen LogP contribution in [0.25, 0.3) is 0 Å². The third-order valence-electron chi connectivity index (χ3n) is 3.98. The van der Waals surface area contributed by atoms with E-state index in [1.165, 1.54) is 0 Å². The molecule has 0 radical (unpaired) electrons. The second kappa shape index (κ2) is 14.4. The second-order valence-corrected chi connectivity index (χ2v) is 6.43. The predicted octanol–water partition coefficient (Wildman–Crippen LogP) is -7.86. The molecule has 0 rings (SSSR count). The lowest BCUT2D eigenvalue weighted by Crippen LogP contribution is -2.51. The second-order valence-electron chi connectivity index (χ2n) is 6.43. The minimum Gasteiger partial charge on any atom is -0.430 e. The average Bonchev–Trinajstić information content (AvgIpc) is 2.78. The summed E-state index contributed by atoms with van der Waals surface area (Å²) in [6.45, 7) is -1.99. The van der Waals surface area contributed by atoms with Gasteiger partial charge in [-0.05, 0) is 0 Å². The number of ether oxygens (including phenoxy) is 2. The first-order chi connectivity index (χ1) is 14.8. The third-order valence-corrected chi connectivity index (χ3v) is 3.98. The minimum absolute atomic E-state index is 0.309. The van der Waals surface area contributed by atoms with E-state index in [4.69, 9.17) is 20.4 Å². The highest BCUT2D eigenvalue weighted by molar-refractivity contribution is 5.91. The Bertz CT molecular complexity index is 549. The summed E-state index contributed by atoms with van der Waals surface area (Å²) < 4.78 is 8.46. The van der Waals surface area contributed by atoms with E-state index in [9.17, 15) is 50.4 Å². The van der Waals surface area contributed by atoms with Gasteiger partial charge in [0.05, 0.1) is 13.2 Å². The van der Waals surface area contributed by atoms with Crippen molar-refractivity contribution < 1.29 is 80.3 Å². The SMILES string of the molecule is O=C(/C=C\C(=O)OC(O)[C@H](O)[C@@H](O)[C@H](O)[C@H](O)CO)OC(O)[C@H](O)[C@@H](O)[C@H](O)[C@H](O)CO. The highest BCUT2D eigenvalue weighted by Crippen LogP contribution is 2.11. The molecular formula is C16H28O16. The van der Waals surface area contributed by atoms with Crippen LogP contribution in [0, 0.1) is 0 Å². The Morgan fingerprint density at radius 3 is 1.06 bits per heavy atom. The van der Waals surface area contributed by atoms with Gasteiger partial charge in [-0.3, -0.25) is 0 Å². The van der Waals surface area contributed by atoms with E-state index < -0.39 is 86.6 Å². The molecule has 0 aliphatic rings. The molecule has 0 bridgehead atoms. The van der Waals surface area contributed by atoms with Crippen LogP contribution in [0.1, 0.15) is 0 Å². The first-order valence-corrected chi connectivity index (χ1v) is 8.90. The average molecular weight is 476 g/mol. The van der Waals surface area contributed by atoms with Crippen LogP contribution < -0.4 is 0 Å². The van der Waals surface area contributed by atoms with Crippen molar-refractivity contribution in [2.75, 3.05) is 13.2 Å². The maximum atomic E-state index is 11.5. The van der Waals surface area contributed by atoms with Gasteiger partial charge in [0, 0.05) is 12.2 Å². The Morgan fingerprint density at radius 2 is 0.812 bits per heavy atom. The molecule has 0 aromatic heterocycles. The molecule has 10 atom stereocenters. The van der Waals surface area contributed by atoms with Crippen LogP contribution in [0.15, 0.2) is 12.2 Å². The van der Waals surface area contributed by atoms with Gasteiger partial charge in [0.1, 0.15) is 48.8 Å². The Labute approximate surface area is 180 Å². The fourth-order valence-electron chi connectivity index (χ4n) is 2.00. The maximum absolute atomic E-state index is 11.5. The first kappa shape index (κ1) is 30.2. The molecule has 32 heavy (non-hydrogen) atoms. The van der Waals surface area contributed by atoms with E-state index in [1.54, 1.807) is 0 Å². The van der Waals surface area contributed by atoms with Crippen molar-refractivity contribution >= 4 is 11.9 Å². The first-order valence-electron chi connectivity index (χ1n) is 8.90. The molecular weight excluding hydrogens is 448 g/mol.